The highest BCUT2D eigenvalue weighted by Gasteiger charge is 2.25. The molecule has 0 saturated carbocycles. The lowest BCUT2D eigenvalue weighted by molar-refractivity contribution is 0.256. The Labute approximate surface area is 76.1 Å². The van der Waals surface area contributed by atoms with E-state index in [1.165, 1.54) is 19.5 Å². The van der Waals surface area contributed by atoms with Crippen LogP contribution >= 0.6 is 0 Å². The van der Waals surface area contributed by atoms with E-state index in [0.717, 1.165) is 18.4 Å². The maximum absolute atomic E-state index is 5.72. The molecule has 72 valence electrons. The summed E-state index contributed by atoms with van der Waals surface area (Å²) in [5.74, 6) is 0.882. The van der Waals surface area contributed by atoms with Crippen molar-refractivity contribution in [2.45, 2.75) is 45.7 Å². The molecule has 1 fully saturated rings. The Hall–Kier alpha value is -0.0800. The Morgan fingerprint density at radius 1 is 1.50 bits per heavy atom. The van der Waals surface area contributed by atoms with Crippen LogP contribution in [0.3, 0.4) is 0 Å². The smallest absolute Gasteiger partial charge is 0.00700 e. The van der Waals surface area contributed by atoms with Gasteiger partial charge in [0, 0.05) is 18.6 Å². The zero-order valence-electron chi connectivity index (χ0n) is 8.59. The topological polar surface area (TPSA) is 29.3 Å². The Bertz CT molecular complexity index is 134. The molecule has 1 rings (SSSR count). The predicted molar refractivity (Wildman–Crippen MR) is 53.1 cm³/mol. The molecule has 2 N–H and O–H groups in total. The Balaban J connectivity index is 2.23. The molecule has 0 spiro atoms. The van der Waals surface area contributed by atoms with E-state index in [4.69, 9.17) is 5.73 Å². The second-order valence-corrected chi connectivity index (χ2v) is 4.45. The Morgan fingerprint density at radius 2 is 2.17 bits per heavy atom. The molecule has 12 heavy (non-hydrogen) atoms. The van der Waals surface area contributed by atoms with Crippen LogP contribution in [-0.2, 0) is 0 Å². The monoisotopic (exact) mass is 170 g/mol. The highest BCUT2D eigenvalue weighted by molar-refractivity contribution is 4.80. The summed E-state index contributed by atoms with van der Waals surface area (Å²) in [5.41, 5.74) is 5.72. The first-order valence-electron chi connectivity index (χ1n) is 5.09. The Kier molecular flexibility index (Phi) is 3.53. The van der Waals surface area contributed by atoms with Crippen LogP contribution in [0.5, 0.6) is 0 Å². The number of hydrogen-bond donors (Lipinski definition) is 1. The van der Waals surface area contributed by atoms with Crippen molar-refractivity contribution in [3.63, 3.8) is 0 Å². The van der Waals surface area contributed by atoms with Gasteiger partial charge in [0.15, 0.2) is 0 Å². The molecule has 0 bridgehead atoms. The zero-order chi connectivity index (χ0) is 9.14. The molecule has 2 nitrogen and oxygen atoms in total. The van der Waals surface area contributed by atoms with Crippen LogP contribution in [0.1, 0.15) is 33.6 Å². The largest absolute Gasteiger partial charge is 0.328 e. The first-order valence-corrected chi connectivity index (χ1v) is 5.09. The SMILES string of the molecule is CC(N)CCN1CC(C)CC1C. The van der Waals surface area contributed by atoms with Gasteiger partial charge in [0.25, 0.3) is 0 Å². The minimum Gasteiger partial charge on any atom is -0.328 e. The average Bonchev–Trinajstić information content (AvgIpc) is 2.26. The van der Waals surface area contributed by atoms with Crippen LogP contribution < -0.4 is 5.73 Å². The standard InChI is InChI=1S/C10H22N2/c1-8-6-10(3)12(7-8)5-4-9(2)11/h8-10H,4-7,11H2,1-3H3. The first kappa shape index (κ1) is 10.0. The molecule has 0 aromatic rings. The summed E-state index contributed by atoms with van der Waals surface area (Å²) in [7, 11) is 0. The van der Waals surface area contributed by atoms with Gasteiger partial charge in [0.05, 0.1) is 0 Å². The van der Waals surface area contributed by atoms with Crippen molar-refractivity contribution in [3.05, 3.63) is 0 Å². The van der Waals surface area contributed by atoms with Gasteiger partial charge < -0.3 is 10.6 Å². The summed E-state index contributed by atoms with van der Waals surface area (Å²) in [4.78, 5) is 2.56. The molecule has 0 radical (unpaired) electrons. The lowest BCUT2D eigenvalue weighted by Gasteiger charge is -2.21. The van der Waals surface area contributed by atoms with Crippen LogP contribution in [0, 0.1) is 5.92 Å². The second kappa shape index (κ2) is 4.24. The molecule has 1 aliphatic rings. The number of hydrogen-bond acceptors (Lipinski definition) is 2. The van der Waals surface area contributed by atoms with Crippen molar-refractivity contribution in [1.82, 2.24) is 4.90 Å². The van der Waals surface area contributed by atoms with E-state index < -0.39 is 0 Å². The van der Waals surface area contributed by atoms with Crippen molar-refractivity contribution in [2.75, 3.05) is 13.1 Å². The molecule has 1 heterocycles. The molecule has 0 aliphatic carbocycles. The first-order chi connectivity index (χ1) is 5.59. The van der Waals surface area contributed by atoms with Gasteiger partial charge >= 0.3 is 0 Å². The average molecular weight is 170 g/mol. The molecular formula is C10H22N2. The van der Waals surface area contributed by atoms with Crippen molar-refractivity contribution in [3.8, 4) is 0 Å². The van der Waals surface area contributed by atoms with Crippen LogP contribution in [-0.4, -0.2) is 30.1 Å². The third kappa shape index (κ3) is 2.76. The van der Waals surface area contributed by atoms with E-state index in [-0.39, 0.29) is 0 Å². The molecule has 0 aromatic carbocycles. The highest BCUT2D eigenvalue weighted by atomic mass is 15.2. The van der Waals surface area contributed by atoms with Gasteiger partial charge in [-0.3, -0.25) is 0 Å². The van der Waals surface area contributed by atoms with Crippen LogP contribution in [0.15, 0.2) is 0 Å². The summed E-state index contributed by atoms with van der Waals surface area (Å²) in [6, 6.07) is 1.13. The normalized spacial score (nSPS) is 34.0. The molecule has 3 unspecified atom stereocenters. The van der Waals surface area contributed by atoms with Crippen LogP contribution in [0.25, 0.3) is 0 Å². The Morgan fingerprint density at radius 3 is 2.58 bits per heavy atom. The predicted octanol–water partition coefficient (Wildman–Crippen LogP) is 1.45. The molecule has 2 heteroatoms. The van der Waals surface area contributed by atoms with Crippen molar-refractivity contribution in [1.29, 1.82) is 0 Å². The fraction of sp³-hybridized carbons (Fsp3) is 1.00. The molecule has 0 amide bonds. The molecule has 1 saturated heterocycles. The third-order valence-corrected chi connectivity index (χ3v) is 2.78. The van der Waals surface area contributed by atoms with Gasteiger partial charge in [-0.2, -0.15) is 0 Å². The van der Waals surface area contributed by atoms with Crippen molar-refractivity contribution < 1.29 is 0 Å². The molecule has 0 aromatic heterocycles. The maximum atomic E-state index is 5.72. The van der Waals surface area contributed by atoms with Gasteiger partial charge in [-0.15, -0.1) is 0 Å². The fourth-order valence-electron chi connectivity index (χ4n) is 2.07. The lowest BCUT2D eigenvalue weighted by Crippen LogP contribution is -2.31. The number of nitrogens with zero attached hydrogens (tertiary/aromatic N) is 1. The summed E-state index contributed by atoms with van der Waals surface area (Å²) < 4.78 is 0. The summed E-state index contributed by atoms with van der Waals surface area (Å²) >= 11 is 0. The van der Waals surface area contributed by atoms with E-state index in [0.29, 0.717) is 6.04 Å². The van der Waals surface area contributed by atoms with Crippen molar-refractivity contribution in [2.24, 2.45) is 11.7 Å². The number of rotatable bonds is 3. The summed E-state index contributed by atoms with van der Waals surface area (Å²) in [6.07, 6.45) is 2.50. The maximum Gasteiger partial charge on any atom is 0.00700 e. The van der Waals surface area contributed by atoms with Crippen molar-refractivity contribution >= 4 is 0 Å². The highest BCUT2D eigenvalue weighted by Crippen LogP contribution is 2.22. The fourth-order valence-corrected chi connectivity index (χ4v) is 2.07. The van der Waals surface area contributed by atoms with E-state index in [9.17, 15) is 0 Å². The number of nitrogens with two attached hydrogens (primary N) is 1. The third-order valence-electron chi connectivity index (χ3n) is 2.78. The molecule has 1 aliphatic heterocycles. The van der Waals surface area contributed by atoms with E-state index in [2.05, 4.69) is 25.7 Å². The van der Waals surface area contributed by atoms with Crippen LogP contribution in [0.2, 0.25) is 0 Å². The van der Waals surface area contributed by atoms with E-state index in [1.54, 1.807) is 0 Å². The second-order valence-electron chi connectivity index (χ2n) is 4.45. The summed E-state index contributed by atoms with van der Waals surface area (Å²) in [5, 5.41) is 0. The van der Waals surface area contributed by atoms with Crippen LogP contribution in [0.4, 0.5) is 0 Å². The minimum atomic E-state index is 0.355. The number of likely N-dealkylation sites (tertiary alicyclic amines) is 1. The zero-order valence-corrected chi connectivity index (χ0v) is 8.59. The van der Waals surface area contributed by atoms with Gasteiger partial charge in [-0.05, 0) is 39.2 Å². The van der Waals surface area contributed by atoms with Gasteiger partial charge in [-0.1, -0.05) is 6.92 Å². The summed E-state index contributed by atoms with van der Waals surface area (Å²) in [6.45, 7) is 9.20. The van der Waals surface area contributed by atoms with Gasteiger partial charge in [-0.25, -0.2) is 0 Å². The van der Waals surface area contributed by atoms with E-state index in [1.807, 2.05) is 0 Å². The van der Waals surface area contributed by atoms with Gasteiger partial charge in [0.2, 0.25) is 0 Å². The minimum absolute atomic E-state index is 0.355. The molecular weight excluding hydrogens is 148 g/mol. The van der Waals surface area contributed by atoms with E-state index >= 15 is 0 Å². The quantitative estimate of drug-likeness (QED) is 0.694. The molecule has 3 atom stereocenters. The lowest BCUT2D eigenvalue weighted by atomic mass is 10.1. The van der Waals surface area contributed by atoms with Gasteiger partial charge in [0.1, 0.15) is 0 Å².